The van der Waals surface area contributed by atoms with Gasteiger partial charge < -0.3 is 4.74 Å². The van der Waals surface area contributed by atoms with E-state index in [9.17, 15) is 14.9 Å². The van der Waals surface area contributed by atoms with Crippen molar-refractivity contribution in [1.29, 1.82) is 0 Å². The van der Waals surface area contributed by atoms with Gasteiger partial charge in [0.15, 0.2) is 11.5 Å². The molecule has 0 atom stereocenters. The molecular weight excluding hydrogens is 246 g/mol. The van der Waals surface area contributed by atoms with Crippen molar-refractivity contribution >= 4 is 11.5 Å². The number of benzene rings is 1. The number of nitro benzene ring substituents is 1. The number of hydrogen-bond donors (Lipinski definition) is 0. The first-order chi connectivity index (χ1) is 8.97. The van der Waals surface area contributed by atoms with Crippen LogP contribution in [0.1, 0.15) is 44.0 Å². The van der Waals surface area contributed by atoms with Crippen LogP contribution in [-0.4, -0.2) is 17.3 Å². The molecule has 0 spiro atoms. The Kier molecular flexibility index (Phi) is 5.48. The molecule has 0 unspecified atom stereocenters. The van der Waals surface area contributed by atoms with Gasteiger partial charge in [0.25, 0.3) is 0 Å². The summed E-state index contributed by atoms with van der Waals surface area (Å²) in [6.07, 6.45) is 1.79. The van der Waals surface area contributed by atoms with Crippen molar-refractivity contribution in [2.75, 3.05) is 6.61 Å². The predicted molar refractivity (Wildman–Crippen MR) is 72.7 cm³/mol. The summed E-state index contributed by atoms with van der Waals surface area (Å²) < 4.78 is 5.38. The Morgan fingerprint density at radius 3 is 2.63 bits per heavy atom. The number of carbonyl (C=O) groups excluding carboxylic acids is 1. The maximum atomic E-state index is 11.8. The number of Topliss-reactive ketones (excluding diaryl/α,β-unsaturated/α-hetero) is 1. The van der Waals surface area contributed by atoms with Crippen molar-refractivity contribution in [3.63, 3.8) is 0 Å². The molecule has 0 fully saturated rings. The lowest BCUT2D eigenvalue weighted by molar-refractivity contribution is -0.385. The summed E-state index contributed by atoms with van der Waals surface area (Å²) in [5.41, 5.74) is 0.201. The van der Waals surface area contributed by atoms with Crippen LogP contribution in [0.3, 0.4) is 0 Å². The lowest BCUT2D eigenvalue weighted by Gasteiger charge is -2.08. The molecule has 19 heavy (non-hydrogen) atoms. The lowest BCUT2D eigenvalue weighted by atomic mass is 10.0. The standard InChI is InChI=1S/C14H19NO4/c1-4-5-8-19-13-7-6-11(14(16)10(2)3)9-12(13)15(17)18/h6-7,9-10H,4-5,8H2,1-3H3. The van der Waals surface area contributed by atoms with E-state index in [2.05, 4.69) is 0 Å². The molecule has 5 nitrogen and oxygen atoms in total. The maximum absolute atomic E-state index is 11.8. The van der Waals surface area contributed by atoms with Crippen LogP contribution < -0.4 is 4.74 Å². The summed E-state index contributed by atoms with van der Waals surface area (Å²) in [5, 5.41) is 11.0. The Labute approximate surface area is 112 Å². The lowest BCUT2D eigenvalue weighted by Crippen LogP contribution is -2.08. The molecule has 0 heterocycles. The van der Waals surface area contributed by atoms with Crippen LogP contribution in [0.25, 0.3) is 0 Å². The normalized spacial score (nSPS) is 10.5. The van der Waals surface area contributed by atoms with Crippen molar-refractivity contribution in [1.82, 2.24) is 0 Å². The molecule has 1 aromatic carbocycles. The summed E-state index contributed by atoms with van der Waals surface area (Å²) in [6.45, 7) is 5.98. The van der Waals surface area contributed by atoms with Gasteiger partial charge in [0.1, 0.15) is 0 Å². The van der Waals surface area contributed by atoms with Gasteiger partial charge in [-0.05, 0) is 18.6 Å². The predicted octanol–water partition coefficient (Wildman–Crippen LogP) is 3.61. The average Bonchev–Trinajstić information content (AvgIpc) is 2.38. The largest absolute Gasteiger partial charge is 0.487 e. The highest BCUT2D eigenvalue weighted by molar-refractivity contribution is 5.98. The summed E-state index contributed by atoms with van der Waals surface area (Å²) in [4.78, 5) is 22.3. The van der Waals surface area contributed by atoms with E-state index in [1.165, 1.54) is 12.1 Å². The van der Waals surface area contributed by atoms with E-state index in [1.807, 2.05) is 6.92 Å². The third kappa shape index (κ3) is 4.05. The number of hydrogen-bond acceptors (Lipinski definition) is 4. The van der Waals surface area contributed by atoms with Crippen molar-refractivity contribution in [3.05, 3.63) is 33.9 Å². The molecule has 0 aliphatic rings. The average molecular weight is 265 g/mol. The molecule has 0 saturated heterocycles. The molecule has 5 heteroatoms. The van der Waals surface area contributed by atoms with Gasteiger partial charge in [-0.2, -0.15) is 0 Å². The molecule has 104 valence electrons. The molecule has 1 rings (SSSR count). The molecule has 1 aromatic rings. The topological polar surface area (TPSA) is 69.4 Å². The number of unbranched alkanes of at least 4 members (excludes halogenated alkanes) is 1. The molecule has 0 aliphatic carbocycles. The van der Waals surface area contributed by atoms with E-state index in [-0.39, 0.29) is 23.1 Å². The number of nitro groups is 1. The van der Waals surface area contributed by atoms with E-state index in [0.29, 0.717) is 12.2 Å². The Balaban J connectivity index is 3.01. The molecule has 0 amide bonds. The van der Waals surface area contributed by atoms with Gasteiger partial charge in [0, 0.05) is 17.5 Å². The third-order valence-electron chi connectivity index (χ3n) is 2.72. The van der Waals surface area contributed by atoms with Crippen LogP contribution in [-0.2, 0) is 0 Å². The van der Waals surface area contributed by atoms with Gasteiger partial charge in [0.2, 0.25) is 0 Å². The van der Waals surface area contributed by atoms with E-state index >= 15 is 0 Å². The number of rotatable bonds is 7. The molecule has 0 aliphatic heterocycles. The van der Waals surface area contributed by atoms with Crippen LogP contribution in [0.4, 0.5) is 5.69 Å². The second kappa shape index (κ2) is 6.87. The first-order valence-electron chi connectivity index (χ1n) is 6.42. The zero-order valence-corrected chi connectivity index (χ0v) is 11.5. The second-order valence-electron chi connectivity index (χ2n) is 4.66. The van der Waals surface area contributed by atoms with E-state index in [0.717, 1.165) is 12.8 Å². The van der Waals surface area contributed by atoms with Crippen LogP contribution in [0.2, 0.25) is 0 Å². The Bertz CT molecular complexity index is 469. The second-order valence-corrected chi connectivity index (χ2v) is 4.66. The fraction of sp³-hybridized carbons (Fsp3) is 0.500. The highest BCUT2D eigenvalue weighted by Gasteiger charge is 2.19. The smallest absolute Gasteiger partial charge is 0.311 e. The minimum atomic E-state index is -0.515. The highest BCUT2D eigenvalue weighted by atomic mass is 16.6. The first-order valence-corrected chi connectivity index (χ1v) is 6.42. The zero-order chi connectivity index (χ0) is 14.4. The van der Waals surface area contributed by atoms with E-state index in [4.69, 9.17) is 4.74 Å². The first kappa shape index (κ1) is 15.1. The minimum absolute atomic E-state index is 0.108. The van der Waals surface area contributed by atoms with Crippen LogP contribution in [0, 0.1) is 16.0 Å². The highest BCUT2D eigenvalue weighted by Crippen LogP contribution is 2.29. The molecule has 0 saturated carbocycles. The van der Waals surface area contributed by atoms with Crippen LogP contribution in [0.5, 0.6) is 5.75 Å². The Morgan fingerprint density at radius 1 is 1.42 bits per heavy atom. The summed E-state index contributed by atoms with van der Waals surface area (Å²) in [6, 6.07) is 4.38. The third-order valence-corrected chi connectivity index (χ3v) is 2.72. The van der Waals surface area contributed by atoms with Gasteiger partial charge in [-0.1, -0.05) is 27.2 Å². The van der Waals surface area contributed by atoms with E-state index < -0.39 is 4.92 Å². The minimum Gasteiger partial charge on any atom is -0.487 e. The zero-order valence-electron chi connectivity index (χ0n) is 11.5. The number of ketones is 1. The SMILES string of the molecule is CCCCOc1ccc(C(=O)C(C)C)cc1[N+](=O)[O-]. The van der Waals surface area contributed by atoms with Gasteiger partial charge in [-0.15, -0.1) is 0 Å². The summed E-state index contributed by atoms with van der Waals surface area (Å²) in [7, 11) is 0. The summed E-state index contributed by atoms with van der Waals surface area (Å²) in [5.74, 6) is -0.0755. The molecule has 0 aromatic heterocycles. The summed E-state index contributed by atoms with van der Waals surface area (Å²) >= 11 is 0. The van der Waals surface area contributed by atoms with E-state index in [1.54, 1.807) is 19.9 Å². The van der Waals surface area contributed by atoms with Gasteiger partial charge in [0.05, 0.1) is 11.5 Å². The molecular formula is C14H19NO4. The monoisotopic (exact) mass is 265 g/mol. The van der Waals surface area contributed by atoms with Crippen molar-refractivity contribution in [2.24, 2.45) is 5.92 Å². The van der Waals surface area contributed by atoms with Gasteiger partial charge in [-0.3, -0.25) is 14.9 Å². The number of ether oxygens (including phenoxy) is 1. The Morgan fingerprint density at radius 2 is 2.11 bits per heavy atom. The molecule has 0 bridgehead atoms. The number of carbonyl (C=O) groups is 1. The fourth-order valence-corrected chi connectivity index (χ4v) is 1.60. The quantitative estimate of drug-likeness (QED) is 0.327. The van der Waals surface area contributed by atoms with Crippen molar-refractivity contribution in [3.8, 4) is 5.75 Å². The Hall–Kier alpha value is -1.91. The van der Waals surface area contributed by atoms with Crippen LogP contribution >= 0.6 is 0 Å². The van der Waals surface area contributed by atoms with Gasteiger partial charge in [-0.25, -0.2) is 0 Å². The molecule has 0 radical (unpaired) electrons. The van der Waals surface area contributed by atoms with Gasteiger partial charge >= 0.3 is 5.69 Å². The number of nitrogens with zero attached hydrogens (tertiary/aromatic N) is 1. The van der Waals surface area contributed by atoms with Crippen molar-refractivity contribution in [2.45, 2.75) is 33.6 Å². The van der Waals surface area contributed by atoms with Crippen LogP contribution in [0.15, 0.2) is 18.2 Å². The molecule has 0 N–H and O–H groups in total. The van der Waals surface area contributed by atoms with Crippen molar-refractivity contribution < 1.29 is 14.5 Å². The maximum Gasteiger partial charge on any atom is 0.311 e. The fourth-order valence-electron chi connectivity index (χ4n) is 1.60.